The van der Waals surface area contributed by atoms with Gasteiger partial charge in [0.2, 0.25) is 0 Å². The first-order valence-electron chi connectivity index (χ1n) is 7.69. The predicted octanol–water partition coefficient (Wildman–Crippen LogP) is 2.38. The Labute approximate surface area is 136 Å². The van der Waals surface area contributed by atoms with Crippen LogP contribution >= 0.6 is 12.2 Å². The third-order valence-electron chi connectivity index (χ3n) is 3.45. The number of benzene rings is 1. The molecule has 0 amide bonds. The summed E-state index contributed by atoms with van der Waals surface area (Å²) in [5, 5.41) is 6.82. The summed E-state index contributed by atoms with van der Waals surface area (Å²) >= 11 is 5.19. The highest BCUT2D eigenvalue weighted by atomic mass is 32.1. The van der Waals surface area contributed by atoms with Crippen molar-refractivity contribution in [3.8, 4) is 0 Å². The van der Waals surface area contributed by atoms with Gasteiger partial charge in [-0.15, -0.1) is 0 Å². The maximum absolute atomic E-state index is 12.8. The lowest BCUT2D eigenvalue weighted by Crippen LogP contribution is -2.35. The molecular formula is C16H23FN2O2S. The Morgan fingerprint density at radius 1 is 1.32 bits per heavy atom. The van der Waals surface area contributed by atoms with Crippen molar-refractivity contribution in [1.82, 2.24) is 10.6 Å². The molecule has 122 valence electrons. The maximum atomic E-state index is 12.8. The molecule has 0 saturated carbocycles. The van der Waals surface area contributed by atoms with Crippen LogP contribution in [0.2, 0.25) is 0 Å². The Kier molecular flexibility index (Phi) is 7.56. The quantitative estimate of drug-likeness (QED) is 0.567. The van der Waals surface area contributed by atoms with Crippen LogP contribution < -0.4 is 10.6 Å². The molecule has 4 nitrogen and oxygen atoms in total. The third-order valence-corrected chi connectivity index (χ3v) is 3.73. The lowest BCUT2D eigenvalue weighted by Gasteiger charge is -2.12. The summed E-state index contributed by atoms with van der Waals surface area (Å²) in [6.45, 7) is 3.60. The van der Waals surface area contributed by atoms with E-state index < -0.39 is 0 Å². The topological polar surface area (TPSA) is 42.5 Å². The van der Waals surface area contributed by atoms with Crippen molar-refractivity contribution >= 4 is 17.3 Å². The molecule has 1 aromatic rings. The van der Waals surface area contributed by atoms with Crippen LogP contribution in [0, 0.1) is 5.82 Å². The summed E-state index contributed by atoms with van der Waals surface area (Å²) in [6, 6.07) is 6.37. The molecule has 1 aliphatic heterocycles. The Bertz CT molecular complexity index is 450. The largest absolute Gasteiger partial charge is 0.379 e. The zero-order valence-corrected chi connectivity index (χ0v) is 13.5. The number of hydrogen-bond acceptors (Lipinski definition) is 3. The van der Waals surface area contributed by atoms with E-state index in [2.05, 4.69) is 10.6 Å². The highest BCUT2D eigenvalue weighted by Gasteiger charge is 2.14. The fraction of sp³-hybridized carbons (Fsp3) is 0.562. The highest BCUT2D eigenvalue weighted by Crippen LogP contribution is 2.11. The van der Waals surface area contributed by atoms with Gasteiger partial charge in [-0.2, -0.15) is 0 Å². The molecule has 0 aromatic heterocycles. The van der Waals surface area contributed by atoms with E-state index in [0.29, 0.717) is 24.9 Å². The molecule has 22 heavy (non-hydrogen) atoms. The van der Waals surface area contributed by atoms with E-state index >= 15 is 0 Å². The molecule has 1 aromatic carbocycles. The average molecular weight is 326 g/mol. The summed E-state index contributed by atoms with van der Waals surface area (Å²) < 4.78 is 23.8. The monoisotopic (exact) mass is 326 g/mol. The summed E-state index contributed by atoms with van der Waals surface area (Å²) in [5.74, 6) is -0.229. The zero-order chi connectivity index (χ0) is 15.6. The Hall–Kier alpha value is -1.24. The lowest BCUT2D eigenvalue weighted by molar-refractivity contribution is 0.0168. The molecule has 0 radical (unpaired) electrons. The molecule has 1 aliphatic rings. The van der Waals surface area contributed by atoms with E-state index in [9.17, 15) is 4.39 Å². The summed E-state index contributed by atoms with van der Waals surface area (Å²) in [7, 11) is 0. The number of halogens is 1. The van der Waals surface area contributed by atoms with Gasteiger partial charge >= 0.3 is 0 Å². The second-order valence-corrected chi connectivity index (χ2v) is 5.71. The van der Waals surface area contributed by atoms with Crippen LogP contribution in [0.25, 0.3) is 0 Å². The first-order valence-corrected chi connectivity index (χ1v) is 8.10. The second kappa shape index (κ2) is 9.71. The van der Waals surface area contributed by atoms with Gasteiger partial charge in [-0.05, 0) is 49.2 Å². The number of rotatable bonds is 8. The Morgan fingerprint density at radius 2 is 2.14 bits per heavy atom. The maximum Gasteiger partial charge on any atom is 0.166 e. The molecule has 0 bridgehead atoms. The standard InChI is InChI=1S/C16H23FN2O2S/c17-14-6-4-13(5-7-14)11-19-16(22)18-8-2-9-20-12-15-3-1-10-21-15/h4-7,15H,1-3,8-12H2,(H2,18,19,22)/t15-/m0/s1. The fourth-order valence-corrected chi connectivity index (χ4v) is 2.39. The van der Waals surface area contributed by atoms with E-state index in [4.69, 9.17) is 21.7 Å². The van der Waals surface area contributed by atoms with Crippen molar-refractivity contribution < 1.29 is 13.9 Å². The van der Waals surface area contributed by atoms with Gasteiger partial charge in [-0.1, -0.05) is 12.1 Å². The molecule has 1 saturated heterocycles. The highest BCUT2D eigenvalue weighted by molar-refractivity contribution is 7.80. The number of ether oxygens (including phenoxy) is 2. The lowest BCUT2D eigenvalue weighted by atomic mass is 10.2. The third kappa shape index (κ3) is 6.68. The SMILES string of the molecule is Fc1ccc(CNC(=S)NCCCOC[C@@H]2CCCO2)cc1. The molecule has 0 spiro atoms. The van der Waals surface area contributed by atoms with Crippen LogP contribution in [0.1, 0.15) is 24.8 Å². The Morgan fingerprint density at radius 3 is 2.86 bits per heavy atom. The average Bonchev–Trinajstić information content (AvgIpc) is 3.03. The smallest absolute Gasteiger partial charge is 0.166 e. The molecule has 0 unspecified atom stereocenters. The van der Waals surface area contributed by atoms with Gasteiger partial charge < -0.3 is 20.1 Å². The van der Waals surface area contributed by atoms with Gasteiger partial charge in [-0.25, -0.2) is 4.39 Å². The van der Waals surface area contributed by atoms with Crippen molar-refractivity contribution in [3.05, 3.63) is 35.6 Å². The van der Waals surface area contributed by atoms with Gasteiger partial charge in [0.05, 0.1) is 12.7 Å². The summed E-state index contributed by atoms with van der Waals surface area (Å²) in [6.07, 6.45) is 3.43. The van der Waals surface area contributed by atoms with Crippen LogP contribution in [0.15, 0.2) is 24.3 Å². The minimum Gasteiger partial charge on any atom is -0.379 e. The van der Waals surface area contributed by atoms with Crippen molar-refractivity contribution in [1.29, 1.82) is 0 Å². The van der Waals surface area contributed by atoms with Crippen molar-refractivity contribution in [2.45, 2.75) is 31.9 Å². The second-order valence-electron chi connectivity index (χ2n) is 5.30. The number of nitrogens with one attached hydrogen (secondary N) is 2. The molecule has 6 heteroatoms. The normalized spacial score (nSPS) is 17.4. The van der Waals surface area contributed by atoms with Gasteiger partial charge in [0.25, 0.3) is 0 Å². The molecule has 0 aliphatic carbocycles. The van der Waals surface area contributed by atoms with E-state index in [1.165, 1.54) is 12.1 Å². The van der Waals surface area contributed by atoms with E-state index in [1.807, 2.05) is 0 Å². The first kappa shape index (κ1) is 17.1. The van der Waals surface area contributed by atoms with Crippen LogP contribution in [0.3, 0.4) is 0 Å². The summed E-state index contributed by atoms with van der Waals surface area (Å²) in [5.41, 5.74) is 0.991. The molecule has 1 atom stereocenters. The minimum atomic E-state index is -0.229. The van der Waals surface area contributed by atoms with Crippen LogP contribution in [-0.2, 0) is 16.0 Å². The van der Waals surface area contributed by atoms with E-state index in [1.54, 1.807) is 12.1 Å². The Balaban J connectivity index is 1.46. The fourth-order valence-electron chi connectivity index (χ4n) is 2.21. The van der Waals surface area contributed by atoms with E-state index in [0.717, 1.165) is 38.0 Å². The summed E-state index contributed by atoms with van der Waals surface area (Å²) in [4.78, 5) is 0. The van der Waals surface area contributed by atoms with Crippen LogP contribution in [-0.4, -0.2) is 37.6 Å². The molecule has 1 fully saturated rings. The van der Waals surface area contributed by atoms with Crippen LogP contribution in [0.4, 0.5) is 4.39 Å². The molecule has 2 N–H and O–H groups in total. The number of thiocarbonyl (C=S) groups is 1. The van der Waals surface area contributed by atoms with Gasteiger partial charge in [0.15, 0.2) is 5.11 Å². The predicted molar refractivity (Wildman–Crippen MR) is 88.3 cm³/mol. The van der Waals surface area contributed by atoms with Gasteiger partial charge in [-0.3, -0.25) is 0 Å². The van der Waals surface area contributed by atoms with Gasteiger partial charge in [0.1, 0.15) is 5.82 Å². The van der Waals surface area contributed by atoms with Crippen molar-refractivity contribution in [3.63, 3.8) is 0 Å². The van der Waals surface area contributed by atoms with Crippen LogP contribution in [0.5, 0.6) is 0 Å². The zero-order valence-electron chi connectivity index (χ0n) is 12.6. The molecule has 2 rings (SSSR count). The number of hydrogen-bond donors (Lipinski definition) is 2. The van der Waals surface area contributed by atoms with Crippen molar-refractivity contribution in [2.75, 3.05) is 26.4 Å². The van der Waals surface area contributed by atoms with Crippen molar-refractivity contribution in [2.24, 2.45) is 0 Å². The van der Waals surface area contributed by atoms with E-state index in [-0.39, 0.29) is 11.9 Å². The molecular weight excluding hydrogens is 303 g/mol. The first-order chi connectivity index (χ1) is 10.7. The van der Waals surface area contributed by atoms with Gasteiger partial charge in [0, 0.05) is 26.3 Å². The minimum absolute atomic E-state index is 0.229. The molecule has 1 heterocycles.